The molecule has 1 aromatic heterocycles. The van der Waals surface area contributed by atoms with Crippen molar-refractivity contribution in [1.82, 2.24) is 20.2 Å². The van der Waals surface area contributed by atoms with Crippen LogP contribution in [0, 0.1) is 0 Å². The van der Waals surface area contributed by atoms with Gasteiger partial charge in [-0.05, 0) is 38.4 Å². The monoisotopic (exact) mass is 446 g/mol. The van der Waals surface area contributed by atoms with Gasteiger partial charge in [-0.25, -0.2) is 0 Å². The van der Waals surface area contributed by atoms with Crippen LogP contribution in [0.3, 0.4) is 0 Å². The van der Waals surface area contributed by atoms with Crippen LogP contribution in [0.5, 0.6) is 6.01 Å². The molecule has 1 saturated heterocycles. The predicted molar refractivity (Wildman–Crippen MR) is 134 cm³/mol. The smallest absolute Gasteiger partial charge is 0.318 e. The Morgan fingerprint density at radius 1 is 0.970 bits per heavy atom. The lowest BCUT2D eigenvalue weighted by Crippen LogP contribution is -2.45. The molecule has 3 aromatic rings. The van der Waals surface area contributed by atoms with Gasteiger partial charge in [-0.2, -0.15) is 9.97 Å². The Hall–Kier alpha value is -2.90. The maximum atomic E-state index is 6.06. The first kappa shape index (κ1) is 21.9. The second-order valence-electron chi connectivity index (χ2n) is 9.17. The average molecular weight is 447 g/mol. The van der Waals surface area contributed by atoms with Crippen LogP contribution in [0.1, 0.15) is 17.7 Å². The third-order valence-corrected chi connectivity index (χ3v) is 6.53. The molecule has 33 heavy (non-hydrogen) atoms. The number of nitrogens with one attached hydrogen (secondary N) is 1. The largest absolute Gasteiger partial charge is 0.463 e. The zero-order valence-electron chi connectivity index (χ0n) is 19.8. The van der Waals surface area contributed by atoms with Crippen molar-refractivity contribution in [3.05, 3.63) is 53.7 Å². The number of ether oxygens (including phenoxy) is 1. The fourth-order valence-electron chi connectivity index (χ4n) is 4.83. The molecule has 2 aliphatic heterocycles. The summed E-state index contributed by atoms with van der Waals surface area (Å²) in [5.41, 5.74) is 3.66. The number of fused-ring (bicyclic) bond motifs is 2. The summed E-state index contributed by atoms with van der Waals surface area (Å²) in [5, 5.41) is 6.01. The normalized spacial score (nSPS) is 16.3. The minimum absolute atomic E-state index is 0.515. The van der Waals surface area contributed by atoms with E-state index in [0.29, 0.717) is 12.6 Å². The van der Waals surface area contributed by atoms with Crippen LogP contribution >= 0.6 is 0 Å². The van der Waals surface area contributed by atoms with Crippen molar-refractivity contribution in [2.24, 2.45) is 0 Å². The van der Waals surface area contributed by atoms with Crippen LogP contribution in [-0.4, -0.2) is 74.8 Å². The van der Waals surface area contributed by atoms with Crippen LogP contribution in [0.15, 0.2) is 42.5 Å². The highest BCUT2D eigenvalue weighted by Crippen LogP contribution is 2.34. The third kappa shape index (κ3) is 4.89. The number of anilines is 2. The maximum Gasteiger partial charge on any atom is 0.318 e. The highest BCUT2D eigenvalue weighted by molar-refractivity contribution is 5.94. The van der Waals surface area contributed by atoms with Gasteiger partial charge in [-0.3, -0.25) is 0 Å². The first-order chi connectivity index (χ1) is 16.2. The minimum atomic E-state index is 0.515. The van der Waals surface area contributed by atoms with Crippen molar-refractivity contribution >= 4 is 22.3 Å². The van der Waals surface area contributed by atoms with Gasteiger partial charge in [0.1, 0.15) is 5.82 Å². The number of hydrogen-bond acceptors (Lipinski definition) is 7. The van der Waals surface area contributed by atoms with E-state index in [4.69, 9.17) is 14.7 Å². The topological polar surface area (TPSA) is 56.8 Å². The molecule has 1 N–H and O–H groups in total. The minimum Gasteiger partial charge on any atom is -0.463 e. The zero-order chi connectivity index (χ0) is 22.6. The number of nitrogens with zero attached hydrogens (tertiary/aromatic N) is 5. The summed E-state index contributed by atoms with van der Waals surface area (Å²) in [6.07, 6.45) is 1.90. The molecular weight excluding hydrogens is 412 g/mol. The first-order valence-corrected chi connectivity index (χ1v) is 12.0. The van der Waals surface area contributed by atoms with E-state index in [1.54, 1.807) is 0 Å². The molecule has 7 nitrogen and oxygen atoms in total. The number of aromatic nitrogens is 2. The van der Waals surface area contributed by atoms with Crippen molar-refractivity contribution in [3.63, 3.8) is 0 Å². The van der Waals surface area contributed by atoms with Crippen molar-refractivity contribution in [3.8, 4) is 6.01 Å². The fourth-order valence-corrected chi connectivity index (χ4v) is 4.83. The number of benzene rings is 2. The van der Waals surface area contributed by atoms with E-state index in [2.05, 4.69) is 76.6 Å². The van der Waals surface area contributed by atoms with Crippen LogP contribution < -0.4 is 19.9 Å². The summed E-state index contributed by atoms with van der Waals surface area (Å²) >= 11 is 0. The van der Waals surface area contributed by atoms with E-state index in [1.165, 1.54) is 22.0 Å². The fraction of sp³-hybridized carbons (Fsp3) is 0.462. The standard InChI is InChI=1S/C26H34N6O/c1-30(2)14-6-18-33-26-28-23-19-32(24-10-5-8-20-7-3-4-9-21(20)24)15-11-22(23)25(29-26)31-16-12-27-13-17-31/h3-5,7-10,27H,6,11-19H2,1-2H3. The van der Waals surface area contributed by atoms with Gasteiger partial charge in [0, 0.05) is 55.9 Å². The first-order valence-electron chi connectivity index (χ1n) is 12.0. The molecule has 2 aromatic carbocycles. The molecule has 0 radical (unpaired) electrons. The predicted octanol–water partition coefficient (Wildman–Crippen LogP) is 2.93. The van der Waals surface area contributed by atoms with Crippen molar-refractivity contribution < 1.29 is 4.74 Å². The van der Waals surface area contributed by atoms with E-state index in [1.807, 2.05) is 0 Å². The lowest BCUT2D eigenvalue weighted by Gasteiger charge is -2.35. The highest BCUT2D eigenvalue weighted by atomic mass is 16.5. The maximum absolute atomic E-state index is 6.06. The molecular formula is C26H34N6O. The van der Waals surface area contributed by atoms with Gasteiger partial charge in [-0.1, -0.05) is 36.4 Å². The van der Waals surface area contributed by atoms with E-state index in [0.717, 1.165) is 70.2 Å². The molecule has 0 spiro atoms. The third-order valence-electron chi connectivity index (χ3n) is 6.53. The summed E-state index contributed by atoms with van der Waals surface area (Å²) in [6, 6.07) is 15.7. The molecule has 5 rings (SSSR count). The quantitative estimate of drug-likeness (QED) is 0.560. The summed E-state index contributed by atoms with van der Waals surface area (Å²) in [4.78, 5) is 16.8. The van der Waals surface area contributed by atoms with Crippen LogP contribution in [0.4, 0.5) is 11.5 Å². The van der Waals surface area contributed by atoms with E-state index >= 15 is 0 Å². The summed E-state index contributed by atoms with van der Waals surface area (Å²) in [6.45, 7) is 7.27. The molecule has 0 atom stereocenters. The van der Waals surface area contributed by atoms with Gasteiger partial charge >= 0.3 is 6.01 Å². The van der Waals surface area contributed by atoms with Crippen LogP contribution in [0.25, 0.3) is 10.8 Å². The van der Waals surface area contributed by atoms with Gasteiger partial charge in [0.2, 0.25) is 0 Å². The Bertz CT molecular complexity index is 1090. The molecule has 7 heteroatoms. The number of hydrogen-bond donors (Lipinski definition) is 1. The highest BCUT2D eigenvalue weighted by Gasteiger charge is 2.27. The van der Waals surface area contributed by atoms with Gasteiger partial charge < -0.3 is 24.8 Å². The summed E-state index contributed by atoms with van der Waals surface area (Å²) in [7, 11) is 4.17. The van der Waals surface area contributed by atoms with E-state index in [-0.39, 0.29) is 0 Å². The molecule has 0 unspecified atom stereocenters. The summed E-state index contributed by atoms with van der Waals surface area (Å²) < 4.78 is 6.06. The molecule has 0 bridgehead atoms. The van der Waals surface area contributed by atoms with Crippen molar-refractivity contribution in [2.75, 3.05) is 69.8 Å². The Kier molecular flexibility index (Phi) is 6.60. The lowest BCUT2D eigenvalue weighted by molar-refractivity contribution is 0.262. The lowest BCUT2D eigenvalue weighted by atomic mass is 10.0. The molecule has 174 valence electrons. The second kappa shape index (κ2) is 9.93. The Morgan fingerprint density at radius 2 is 1.79 bits per heavy atom. The van der Waals surface area contributed by atoms with E-state index in [9.17, 15) is 0 Å². The molecule has 3 heterocycles. The second-order valence-corrected chi connectivity index (χ2v) is 9.17. The van der Waals surface area contributed by atoms with Gasteiger partial charge in [0.25, 0.3) is 0 Å². The van der Waals surface area contributed by atoms with Gasteiger partial charge in [0.15, 0.2) is 0 Å². The Morgan fingerprint density at radius 3 is 2.64 bits per heavy atom. The molecule has 1 fully saturated rings. The van der Waals surface area contributed by atoms with Crippen LogP contribution in [-0.2, 0) is 13.0 Å². The van der Waals surface area contributed by atoms with Crippen LogP contribution in [0.2, 0.25) is 0 Å². The van der Waals surface area contributed by atoms with Gasteiger partial charge in [-0.15, -0.1) is 0 Å². The molecule has 2 aliphatic rings. The number of rotatable bonds is 7. The zero-order valence-corrected chi connectivity index (χ0v) is 19.8. The van der Waals surface area contributed by atoms with Crippen molar-refractivity contribution in [1.29, 1.82) is 0 Å². The Labute approximate surface area is 196 Å². The average Bonchev–Trinajstić information content (AvgIpc) is 2.86. The van der Waals surface area contributed by atoms with Gasteiger partial charge in [0.05, 0.1) is 18.8 Å². The molecule has 0 amide bonds. The summed E-state index contributed by atoms with van der Waals surface area (Å²) in [5.74, 6) is 1.07. The molecule has 0 aliphatic carbocycles. The number of piperazine rings is 1. The Balaban J connectivity index is 1.44. The SMILES string of the molecule is CN(C)CCCOc1nc2c(c(N3CCNCC3)n1)CCN(c1cccc3ccccc13)C2. The molecule has 0 saturated carbocycles. The van der Waals surface area contributed by atoms with Crippen molar-refractivity contribution in [2.45, 2.75) is 19.4 Å². The van der Waals surface area contributed by atoms with E-state index < -0.39 is 0 Å².